The van der Waals surface area contributed by atoms with Crippen LogP contribution >= 0.6 is 11.6 Å². The monoisotopic (exact) mass is 576 g/mol. The summed E-state index contributed by atoms with van der Waals surface area (Å²) in [4.78, 5) is 20.0. The third-order valence-corrected chi connectivity index (χ3v) is 6.59. The fourth-order valence-corrected chi connectivity index (χ4v) is 4.27. The SMILES string of the molecule is CN(C)c1ccc(C=Nn2c(-c3cccc(C(F)(F)F)c3)nc3ccccc3c2=O)c(OCc2ccc(Cl)cc2)c1. The van der Waals surface area contributed by atoms with Crippen LogP contribution in [0.3, 0.4) is 0 Å². The number of fused-ring (bicyclic) bond motifs is 1. The zero-order valence-corrected chi connectivity index (χ0v) is 22.8. The van der Waals surface area contributed by atoms with E-state index >= 15 is 0 Å². The Bertz CT molecular complexity index is 1800. The molecule has 0 N–H and O–H groups in total. The van der Waals surface area contributed by atoms with E-state index in [2.05, 4.69) is 10.1 Å². The van der Waals surface area contributed by atoms with E-state index < -0.39 is 17.3 Å². The van der Waals surface area contributed by atoms with Crippen LogP contribution in [0.15, 0.2) is 101 Å². The maximum Gasteiger partial charge on any atom is 0.416 e. The molecule has 0 amide bonds. The number of hydrogen-bond donors (Lipinski definition) is 0. The van der Waals surface area contributed by atoms with Gasteiger partial charge in [0.05, 0.1) is 22.7 Å². The summed E-state index contributed by atoms with van der Waals surface area (Å²) in [6, 6.07) is 24.0. The Morgan fingerprint density at radius 1 is 0.976 bits per heavy atom. The van der Waals surface area contributed by atoms with Crippen molar-refractivity contribution in [3.8, 4) is 17.1 Å². The second kappa shape index (κ2) is 11.5. The van der Waals surface area contributed by atoms with E-state index in [1.54, 1.807) is 42.5 Å². The molecule has 0 saturated heterocycles. The Balaban J connectivity index is 1.60. The Morgan fingerprint density at radius 3 is 2.46 bits per heavy atom. The number of para-hydroxylation sites is 1. The van der Waals surface area contributed by atoms with Crippen molar-refractivity contribution in [1.29, 1.82) is 0 Å². The van der Waals surface area contributed by atoms with Gasteiger partial charge in [0.25, 0.3) is 5.56 Å². The predicted molar refractivity (Wildman–Crippen MR) is 156 cm³/mol. The van der Waals surface area contributed by atoms with Crippen LogP contribution in [-0.2, 0) is 12.8 Å². The summed E-state index contributed by atoms with van der Waals surface area (Å²) in [5.74, 6) is 0.474. The molecule has 1 heterocycles. The Kier molecular flexibility index (Phi) is 7.81. The second-order valence-corrected chi connectivity index (χ2v) is 9.86. The van der Waals surface area contributed by atoms with Gasteiger partial charge in [0.1, 0.15) is 12.4 Å². The van der Waals surface area contributed by atoms with E-state index in [1.165, 1.54) is 18.3 Å². The van der Waals surface area contributed by atoms with Gasteiger partial charge in [-0.25, -0.2) is 4.98 Å². The van der Waals surface area contributed by atoms with Crippen molar-refractivity contribution >= 4 is 34.4 Å². The number of hydrogen-bond acceptors (Lipinski definition) is 5. The highest BCUT2D eigenvalue weighted by Gasteiger charge is 2.31. The molecule has 0 atom stereocenters. The summed E-state index contributed by atoms with van der Waals surface area (Å²) in [7, 11) is 3.79. The summed E-state index contributed by atoms with van der Waals surface area (Å²) >= 11 is 5.99. The fourth-order valence-electron chi connectivity index (χ4n) is 4.15. The first kappa shape index (κ1) is 27.9. The van der Waals surface area contributed by atoms with Gasteiger partial charge >= 0.3 is 6.18 Å². The molecule has 0 bridgehead atoms. The molecule has 0 saturated carbocycles. The number of aromatic nitrogens is 2. The van der Waals surface area contributed by atoms with Crippen molar-refractivity contribution in [2.45, 2.75) is 12.8 Å². The molecule has 4 aromatic carbocycles. The molecule has 6 nitrogen and oxygen atoms in total. The van der Waals surface area contributed by atoms with E-state index in [0.717, 1.165) is 28.1 Å². The molecule has 0 radical (unpaired) electrons. The third kappa shape index (κ3) is 6.25. The number of ether oxygens (including phenoxy) is 1. The minimum Gasteiger partial charge on any atom is -0.488 e. The van der Waals surface area contributed by atoms with Crippen LogP contribution in [-0.4, -0.2) is 30.0 Å². The van der Waals surface area contributed by atoms with E-state index in [0.29, 0.717) is 21.9 Å². The van der Waals surface area contributed by atoms with E-state index in [4.69, 9.17) is 16.3 Å². The van der Waals surface area contributed by atoms with Gasteiger partial charge in [-0.1, -0.05) is 48.0 Å². The number of rotatable bonds is 7. The molecule has 5 rings (SSSR count). The lowest BCUT2D eigenvalue weighted by Crippen LogP contribution is -2.20. The van der Waals surface area contributed by atoms with E-state index in [-0.39, 0.29) is 23.4 Å². The van der Waals surface area contributed by atoms with Crippen molar-refractivity contribution in [2.75, 3.05) is 19.0 Å². The number of anilines is 1. The minimum atomic E-state index is -4.56. The largest absolute Gasteiger partial charge is 0.488 e. The van der Waals surface area contributed by atoms with Gasteiger partial charge in [-0.2, -0.15) is 22.9 Å². The van der Waals surface area contributed by atoms with Gasteiger partial charge < -0.3 is 9.64 Å². The molecule has 1 aromatic heterocycles. The molecule has 0 aliphatic rings. The lowest BCUT2D eigenvalue weighted by atomic mass is 10.1. The molecular formula is C31H24ClF3N4O2. The van der Waals surface area contributed by atoms with Crippen LogP contribution < -0.4 is 15.2 Å². The fraction of sp³-hybridized carbons (Fsp3) is 0.129. The molecule has 41 heavy (non-hydrogen) atoms. The van der Waals surface area contributed by atoms with Gasteiger partial charge in [0.2, 0.25) is 0 Å². The van der Waals surface area contributed by atoms with Crippen LogP contribution in [0.5, 0.6) is 5.75 Å². The predicted octanol–water partition coefficient (Wildman–Crippen LogP) is 7.26. The number of halogens is 4. The minimum absolute atomic E-state index is 0.0235. The highest BCUT2D eigenvalue weighted by molar-refractivity contribution is 6.30. The molecule has 10 heteroatoms. The summed E-state index contributed by atoms with van der Waals surface area (Å²) in [6.07, 6.45) is -3.13. The van der Waals surface area contributed by atoms with Crippen LogP contribution in [0, 0.1) is 0 Å². The van der Waals surface area contributed by atoms with Crippen LogP contribution in [0.2, 0.25) is 5.02 Å². The van der Waals surface area contributed by atoms with Gasteiger partial charge in [0.15, 0.2) is 5.82 Å². The van der Waals surface area contributed by atoms with Crippen molar-refractivity contribution < 1.29 is 17.9 Å². The third-order valence-electron chi connectivity index (χ3n) is 6.34. The molecule has 5 aromatic rings. The summed E-state index contributed by atoms with van der Waals surface area (Å²) in [6.45, 7) is 0.252. The van der Waals surface area contributed by atoms with Gasteiger partial charge in [-0.3, -0.25) is 4.79 Å². The highest BCUT2D eigenvalue weighted by atomic mass is 35.5. The molecule has 208 valence electrons. The van der Waals surface area contributed by atoms with Crippen molar-refractivity contribution in [2.24, 2.45) is 5.10 Å². The van der Waals surface area contributed by atoms with Crippen LogP contribution in [0.25, 0.3) is 22.3 Å². The normalized spacial score (nSPS) is 11.8. The van der Waals surface area contributed by atoms with Gasteiger partial charge in [-0.05, 0) is 54.1 Å². The summed E-state index contributed by atoms with van der Waals surface area (Å²) in [5.41, 5.74) is 1.40. The second-order valence-electron chi connectivity index (χ2n) is 9.42. The summed E-state index contributed by atoms with van der Waals surface area (Å²) < 4.78 is 47.6. The molecule has 0 aliphatic heterocycles. The zero-order valence-electron chi connectivity index (χ0n) is 22.1. The number of benzene rings is 4. The first-order valence-electron chi connectivity index (χ1n) is 12.5. The first-order chi connectivity index (χ1) is 19.6. The molecule has 0 spiro atoms. The maximum absolute atomic E-state index is 13.5. The lowest BCUT2D eigenvalue weighted by molar-refractivity contribution is -0.137. The Morgan fingerprint density at radius 2 is 1.73 bits per heavy atom. The maximum atomic E-state index is 13.5. The van der Waals surface area contributed by atoms with Crippen molar-refractivity contribution in [3.05, 3.63) is 123 Å². The lowest BCUT2D eigenvalue weighted by Gasteiger charge is -2.16. The van der Waals surface area contributed by atoms with Crippen LogP contribution in [0.4, 0.5) is 18.9 Å². The highest BCUT2D eigenvalue weighted by Crippen LogP contribution is 2.32. The molecule has 0 fully saturated rings. The zero-order chi connectivity index (χ0) is 29.1. The van der Waals surface area contributed by atoms with Crippen LogP contribution in [0.1, 0.15) is 16.7 Å². The molecule has 0 unspecified atom stereocenters. The average Bonchev–Trinajstić information content (AvgIpc) is 2.96. The van der Waals surface area contributed by atoms with Gasteiger partial charge in [-0.15, -0.1) is 0 Å². The van der Waals surface area contributed by atoms with Gasteiger partial charge in [0, 0.05) is 42.0 Å². The topological polar surface area (TPSA) is 59.7 Å². The standard InChI is InChI=1S/C31H24ClF3N4O2/c1-38(2)25-15-12-22(28(17-25)41-19-20-10-13-24(32)14-11-20)18-36-39-29(21-6-5-7-23(16-21)31(33,34)35)37-27-9-4-3-8-26(27)30(39)40/h3-18H,19H2,1-2H3. The smallest absolute Gasteiger partial charge is 0.416 e. The Labute approximate surface area is 238 Å². The number of alkyl halides is 3. The first-order valence-corrected chi connectivity index (χ1v) is 12.9. The van der Waals surface area contributed by atoms with Crippen molar-refractivity contribution in [1.82, 2.24) is 9.66 Å². The average molecular weight is 577 g/mol. The quantitative estimate of drug-likeness (QED) is 0.191. The van der Waals surface area contributed by atoms with E-state index in [1.807, 2.05) is 43.3 Å². The Hall–Kier alpha value is -4.63. The molecule has 0 aliphatic carbocycles. The van der Waals surface area contributed by atoms with Crippen molar-refractivity contribution in [3.63, 3.8) is 0 Å². The molecular weight excluding hydrogens is 553 g/mol. The summed E-state index contributed by atoms with van der Waals surface area (Å²) in [5, 5.41) is 5.31. The number of nitrogens with zero attached hydrogens (tertiary/aromatic N) is 4. The van der Waals surface area contributed by atoms with E-state index in [9.17, 15) is 18.0 Å².